The van der Waals surface area contributed by atoms with E-state index in [0.717, 1.165) is 38.8 Å². The molecule has 35 heavy (non-hydrogen) atoms. The fraction of sp³-hybridized carbons (Fsp3) is 0.462. The summed E-state index contributed by atoms with van der Waals surface area (Å²) in [5, 5.41) is 0. The van der Waals surface area contributed by atoms with E-state index < -0.39 is 21.1 Å². The summed E-state index contributed by atoms with van der Waals surface area (Å²) in [5.41, 5.74) is 2.13. The predicted molar refractivity (Wildman–Crippen MR) is 139 cm³/mol. The zero-order valence-electron chi connectivity index (χ0n) is 20.3. The molecule has 2 aliphatic rings. The Balaban J connectivity index is 1.55. The number of aromatic nitrogens is 2. The van der Waals surface area contributed by atoms with Gasteiger partial charge in [-0.3, -0.25) is 14.3 Å². The highest BCUT2D eigenvalue weighted by atomic mass is 32.2. The van der Waals surface area contributed by atoms with Crippen molar-refractivity contribution in [3.8, 4) is 0 Å². The van der Waals surface area contributed by atoms with Gasteiger partial charge in [-0.15, -0.1) is 0 Å². The van der Waals surface area contributed by atoms with E-state index in [2.05, 4.69) is 9.62 Å². The van der Waals surface area contributed by atoms with Gasteiger partial charge < -0.3 is 14.0 Å². The number of hydrogen-bond donors (Lipinski definition) is 1. The van der Waals surface area contributed by atoms with Crippen molar-refractivity contribution >= 4 is 32.4 Å². The lowest BCUT2D eigenvalue weighted by molar-refractivity contribution is 0.443. The number of benzene rings is 2. The first-order chi connectivity index (χ1) is 16.8. The highest BCUT2D eigenvalue weighted by molar-refractivity contribution is 7.92. The van der Waals surface area contributed by atoms with Crippen LogP contribution in [0.3, 0.4) is 0 Å². The Hall–Kier alpha value is -3.07. The normalized spacial score (nSPS) is 17.3. The van der Waals surface area contributed by atoms with Crippen molar-refractivity contribution in [2.24, 2.45) is 14.1 Å². The molecule has 3 aromatic rings. The van der Waals surface area contributed by atoms with Gasteiger partial charge >= 0.3 is 11.1 Å². The van der Waals surface area contributed by atoms with E-state index in [4.69, 9.17) is 0 Å². The predicted octanol–water partition coefficient (Wildman–Crippen LogP) is 3.69. The molecule has 1 saturated carbocycles. The topological polar surface area (TPSA) is 93.4 Å². The molecule has 0 amide bonds. The number of sulfonamides is 1. The zero-order chi connectivity index (χ0) is 24.7. The highest BCUT2D eigenvalue weighted by Gasteiger charge is 2.24. The van der Waals surface area contributed by atoms with Gasteiger partial charge in [-0.05, 0) is 61.4 Å². The molecule has 9 heteroatoms. The zero-order valence-corrected chi connectivity index (χ0v) is 21.1. The van der Waals surface area contributed by atoms with E-state index in [1.807, 2.05) is 18.2 Å². The SMILES string of the molecule is Cn1c(=O)c(=O)n(C)c2cc(N3CCCC3)c(NS(=O)(=O)c3ccc(C4CCCCC4)cc3)cc21. The minimum atomic E-state index is -3.86. The molecule has 1 aromatic heterocycles. The van der Waals surface area contributed by atoms with Gasteiger partial charge in [-0.2, -0.15) is 0 Å². The molecule has 2 fully saturated rings. The van der Waals surface area contributed by atoms with E-state index in [-0.39, 0.29) is 4.90 Å². The van der Waals surface area contributed by atoms with Gasteiger partial charge in [0.2, 0.25) is 0 Å². The lowest BCUT2D eigenvalue weighted by atomic mass is 9.84. The second kappa shape index (κ2) is 9.18. The molecule has 0 atom stereocenters. The number of anilines is 2. The van der Waals surface area contributed by atoms with Crippen LogP contribution in [0.1, 0.15) is 56.4 Å². The quantitative estimate of drug-likeness (QED) is 0.544. The number of aryl methyl sites for hydroxylation is 2. The minimum Gasteiger partial charge on any atom is -0.370 e. The molecule has 2 aromatic carbocycles. The summed E-state index contributed by atoms with van der Waals surface area (Å²) in [4.78, 5) is 27.1. The average Bonchev–Trinajstić information content (AvgIpc) is 3.41. The van der Waals surface area contributed by atoms with Crippen LogP contribution < -0.4 is 20.7 Å². The second-order valence-corrected chi connectivity index (χ2v) is 11.5. The third-order valence-electron chi connectivity index (χ3n) is 7.57. The molecule has 0 bridgehead atoms. The van der Waals surface area contributed by atoms with Crippen molar-refractivity contribution in [3.63, 3.8) is 0 Å². The van der Waals surface area contributed by atoms with Gasteiger partial charge in [0.05, 0.1) is 27.3 Å². The van der Waals surface area contributed by atoms with Crippen molar-refractivity contribution in [3.05, 3.63) is 62.7 Å². The maximum atomic E-state index is 13.4. The second-order valence-electron chi connectivity index (χ2n) is 9.79. The number of hydrogen-bond acceptors (Lipinski definition) is 5. The third-order valence-corrected chi connectivity index (χ3v) is 8.95. The van der Waals surface area contributed by atoms with Crippen LogP contribution in [-0.4, -0.2) is 30.6 Å². The lowest BCUT2D eigenvalue weighted by Crippen LogP contribution is -2.39. The Bertz CT molecular complexity index is 1480. The first-order valence-corrected chi connectivity index (χ1v) is 13.9. The minimum absolute atomic E-state index is 0.207. The molecule has 1 aliphatic heterocycles. The monoisotopic (exact) mass is 496 g/mol. The van der Waals surface area contributed by atoms with Gasteiger partial charge in [0.15, 0.2) is 0 Å². The lowest BCUT2D eigenvalue weighted by Gasteiger charge is -2.24. The Morgan fingerprint density at radius 3 is 1.97 bits per heavy atom. The number of nitrogens with one attached hydrogen (secondary N) is 1. The standard InChI is InChI=1S/C26H32N4O4S/c1-28-23-16-21(22(30-14-6-7-15-30)17-24(23)29(2)26(32)25(28)31)27-35(33,34)20-12-10-19(11-13-20)18-8-4-3-5-9-18/h10-13,16-18,27H,3-9,14-15H2,1-2H3. The highest BCUT2D eigenvalue weighted by Crippen LogP contribution is 2.35. The van der Waals surface area contributed by atoms with Crippen LogP contribution in [0.4, 0.5) is 11.4 Å². The fourth-order valence-corrected chi connectivity index (χ4v) is 6.53. The Kier molecular flexibility index (Phi) is 6.21. The number of nitrogens with zero attached hydrogens (tertiary/aromatic N) is 3. The summed E-state index contributed by atoms with van der Waals surface area (Å²) < 4.78 is 32.2. The molecule has 5 rings (SSSR count). The van der Waals surface area contributed by atoms with Crippen LogP contribution in [0.2, 0.25) is 0 Å². The van der Waals surface area contributed by atoms with Crippen LogP contribution in [0, 0.1) is 0 Å². The van der Waals surface area contributed by atoms with Crippen LogP contribution in [-0.2, 0) is 24.1 Å². The van der Waals surface area contributed by atoms with Crippen molar-refractivity contribution in [1.82, 2.24) is 9.13 Å². The van der Waals surface area contributed by atoms with Crippen molar-refractivity contribution in [2.75, 3.05) is 22.7 Å². The van der Waals surface area contributed by atoms with Crippen molar-refractivity contribution in [2.45, 2.75) is 55.8 Å². The Morgan fingerprint density at radius 2 is 1.37 bits per heavy atom. The molecular weight excluding hydrogens is 464 g/mol. The van der Waals surface area contributed by atoms with Crippen molar-refractivity contribution < 1.29 is 8.42 Å². The Labute approximate surface area is 205 Å². The molecule has 0 radical (unpaired) electrons. The summed E-state index contributed by atoms with van der Waals surface area (Å²) in [6.07, 6.45) is 8.06. The summed E-state index contributed by atoms with van der Waals surface area (Å²) in [6, 6.07) is 10.7. The van der Waals surface area contributed by atoms with E-state index in [9.17, 15) is 18.0 Å². The van der Waals surface area contributed by atoms with Crippen LogP contribution >= 0.6 is 0 Å². The van der Waals surface area contributed by atoms with Gasteiger partial charge in [0, 0.05) is 27.2 Å². The van der Waals surface area contributed by atoms with Crippen molar-refractivity contribution in [1.29, 1.82) is 0 Å². The van der Waals surface area contributed by atoms with Gasteiger partial charge in [0.25, 0.3) is 10.0 Å². The molecular formula is C26H32N4O4S. The van der Waals surface area contributed by atoms with Gasteiger partial charge in [-0.1, -0.05) is 31.4 Å². The summed E-state index contributed by atoms with van der Waals surface area (Å²) in [6.45, 7) is 1.60. The fourth-order valence-electron chi connectivity index (χ4n) is 5.47. The summed E-state index contributed by atoms with van der Waals surface area (Å²) >= 11 is 0. The number of fused-ring (bicyclic) bond motifs is 1. The third kappa shape index (κ3) is 4.37. The first-order valence-electron chi connectivity index (χ1n) is 12.4. The Morgan fingerprint density at radius 1 is 0.800 bits per heavy atom. The molecule has 0 unspecified atom stereocenters. The van der Waals surface area contributed by atoms with E-state index in [1.165, 1.54) is 41.0 Å². The molecule has 0 spiro atoms. The first kappa shape index (κ1) is 23.7. The molecule has 1 saturated heterocycles. The molecule has 2 heterocycles. The average molecular weight is 497 g/mol. The largest absolute Gasteiger partial charge is 0.370 e. The van der Waals surface area contributed by atoms with Crippen LogP contribution in [0.5, 0.6) is 0 Å². The summed E-state index contributed by atoms with van der Waals surface area (Å²) in [5.74, 6) is 0.503. The smallest absolute Gasteiger partial charge is 0.316 e. The maximum absolute atomic E-state index is 13.4. The maximum Gasteiger partial charge on any atom is 0.316 e. The summed E-state index contributed by atoms with van der Waals surface area (Å²) in [7, 11) is -0.757. The molecule has 186 valence electrons. The van der Waals surface area contributed by atoms with Gasteiger partial charge in [0.1, 0.15) is 0 Å². The molecule has 1 aliphatic carbocycles. The van der Waals surface area contributed by atoms with Crippen LogP contribution in [0.15, 0.2) is 50.9 Å². The molecule has 8 nitrogen and oxygen atoms in total. The van der Waals surface area contributed by atoms with E-state index >= 15 is 0 Å². The van der Waals surface area contributed by atoms with Crippen LogP contribution in [0.25, 0.3) is 11.0 Å². The van der Waals surface area contributed by atoms with Gasteiger partial charge in [-0.25, -0.2) is 8.42 Å². The number of rotatable bonds is 5. The molecule has 1 N–H and O–H groups in total. The van der Waals surface area contributed by atoms with E-state index in [1.54, 1.807) is 25.2 Å². The van der Waals surface area contributed by atoms with E-state index in [0.29, 0.717) is 28.3 Å².